The Balaban J connectivity index is 0.000000122. The number of pyridine rings is 7. The van der Waals surface area contributed by atoms with Gasteiger partial charge < -0.3 is 48.6 Å². The maximum absolute atomic E-state index is 4.54. The van der Waals surface area contributed by atoms with Gasteiger partial charge in [0.05, 0.1) is 33.1 Å². The minimum absolute atomic E-state index is 0. The van der Waals surface area contributed by atoms with E-state index in [1.165, 1.54) is 65.4 Å². The molecule has 10 aromatic heterocycles. The van der Waals surface area contributed by atoms with E-state index in [1.54, 1.807) is 24.8 Å². The van der Waals surface area contributed by atoms with Crippen LogP contribution in [0.15, 0.2) is 468 Å². The average molecular weight is 2150 g/mol. The van der Waals surface area contributed by atoms with E-state index in [-0.39, 0.29) is 60.3 Å². The van der Waals surface area contributed by atoms with Crippen molar-refractivity contribution in [3.8, 4) is 95.9 Å². The SMILES string of the molecule is [Ir+3].[Ir+3].[Ir].[c-]1ccccc1-c1cc(-n2c3ccccc3c3ccccc32)ccn1.[c-]1ccccc1-c1cc(-n2c3ccccc3c3ccccc32)ccn1.[c-]1ccccc1-c1cc(-n2c3ccccc3c3ccccc32)ccn1.[c-]1ccccc1-c1ccccn1.[c-]1ccccc1-c1ccccn1.[c-]1ccccc1-c1ccccn1.[c-]1ccccc1-c1ccccn1. The van der Waals surface area contributed by atoms with E-state index in [2.05, 4.69) is 273 Å². The van der Waals surface area contributed by atoms with Crippen LogP contribution in [0.5, 0.6) is 0 Å². The number of para-hydroxylation sites is 6. The molecule has 0 atom stereocenters. The Morgan fingerprint density at radius 1 is 0.159 bits per heavy atom. The van der Waals surface area contributed by atoms with Gasteiger partial charge in [0.15, 0.2) is 0 Å². The number of hydrogen-bond donors (Lipinski definition) is 0. The number of fused-ring (bicyclic) bond motifs is 9. The zero-order chi connectivity index (χ0) is 82.8. The van der Waals surface area contributed by atoms with Crippen molar-refractivity contribution < 1.29 is 60.3 Å². The van der Waals surface area contributed by atoms with Gasteiger partial charge in [0.1, 0.15) is 0 Å². The Morgan fingerprint density at radius 3 is 0.500 bits per heavy atom. The summed E-state index contributed by atoms with van der Waals surface area (Å²) in [4.78, 5) is 30.5. The van der Waals surface area contributed by atoms with E-state index in [0.717, 1.165) is 95.9 Å². The molecule has 0 saturated carbocycles. The molecule has 23 rings (SSSR count). The summed E-state index contributed by atoms with van der Waals surface area (Å²) in [5.41, 5.74) is 24.4. The van der Waals surface area contributed by atoms with Crippen LogP contribution in [0.1, 0.15) is 0 Å². The van der Waals surface area contributed by atoms with Crippen LogP contribution in [-0.2, 0) is 60.3 Å². The summed E-state index contributed by atoms with van der Waals surface area (Å²) in [5, 5.41) is 7.60. The second-order valence-corrected chi connectivity index (χ2v) is 28.1. The van der Waals surface area contributed by atoms with E-state index in [9.17, 15) is 0 Å². The van der Waals surface area contributed by atoms with Crippen molar-refractivity contribution >= 4 is 65.4 Å². The van der Waals surface area contributed by atoms with E-state index >= 15 is 0 Å². The van der Waals surface area contributed by atoms with E-state index in [0.29, 0.717) is 0 Å². The molecule has 10 heterocycles. The van der Waals surface area contributed by atoms with Crippen LogP contribution in [0.25, 0.3) is 161 Å². The molecule has 13 aromatic carbocycles. The van der Waals surface area contributed by atoms with E-state index < -0.39 is 0 Å². The molecule has 1 radical (unpaired) electrons. The molecule has 0 amide bonds. The van der Waals surface area contributed by atoms with Crippen LogP contribution in [0.2, 0.25) is 0 Å². The van der Waals surface area contributed by atoms with Crippen molar-refractivity contribution in [2.45, 2.75) is 0 Å². The standard InChI is InChI=1S/3C23H15N2.4C11H8N.3Ir/c3*1-2-8-17(9-3-1)21-16-18(14-15-24-21)25-22-12-6-4-10-19(22)20-11-5-7-13-23(20)25;4*1-2-6-10(7-3-1)11-8-4-5-9-12-11;;;/h3*1-8,10-16H;4*1-6,8-9H;;;/q7*-1;;2*+3. The van der Waals surface area contributed by atoms with E-state index in [1.807, 2.05) is 261 Å². The van der Waals surface area contributed by atoms with Crippen molar-refractivity contribution in [2.75, 3.05) is 0 Å². The number of aromatic nitrogens is 10. The van der Waals surface area contributed by atoms with Crippen LogP contribution in [0.3, 0.4) is 0 Å². The molecule has 126 heavy (non-hydrogen) atoms. The van der Waals surface area contributed by atoms with Crippen LogP contribution < -0.4 is 0 Å². The first-order valence-corrected chi connectivity index (χ1v) is 40.4. The smallest absolute Gasteiger partial charge is 0.310 e. The molecular formula is C113H77Ir3N10-. The van der Waals surface area contributed by atoms with Crippen LogP contribution >= 0.6 is 0 Å². The quantitative estimate of drug-likeness (QED) is 0.126. The summed E-state index contributed by atoms with van der Waals surface area (Å²) in [7, 11) is 0. The maximum Gasteiger partial charge on any atom is 3.00 e. The number of nitrogens with zero attached hydrogens (tertiary/aromatic N) is 10. The molecule has 0 saturated heterocycles. The van der Waals surface area contributed by atoms with Crippen molar-refractivity contribution in [3.63, 3.8) is 0 Å². The fourth-order valence-electron chi connectivity index (χ4n) is 14.7. The number of benzene rings is 13. The Bertz CT molecular complexity index is 6200. The molecule has 13 heteroatoms. The van der Waals surface area contributed by atoms with Crippen LogP contribution in [0.4, 0.5) is 0 Å². The van der Waals surface area contributed by atoms with Gasteiger partial charge in [-0.15, -0.1) is 251 Å². The van der Waals surface area contributed by atoms with Gasteiger partial charge in [0.25, 0.3) is 0 Å². The molecule has 10 nitrogen and oxygen atoms in total. The van der Waals surface area contributed by atoms with Gasteiger partial charge >= 0.3 is 40.2 Å². The summed E-state index contributed by atoms with van der Waals surface area (Å²) in [5.74, 6) is 0. The predicted octanol–water partition coefficient (Wildman–Crippen LogP) is 27.1. The molecule has 0 aliphatic rings. The van der Waals surface area contributed by atoms with Gasteiger partial charge in [0, 0.05) is 113 Å². The Labute approximate surface area is 774 Å². The fourth-order valence-corrected chi connectivity index (χ4v) is 14.7. The van der Waals surface area contributed by atoms with Crippen molar-refractivity contribution in [1.29, 1.82) is 0 Å². The first-order valence-electron chi connectivity index (χ1n) is 40.4. The third-order valence-electron chi connectivity index (χ3n) is 20.3. The summed E-state index contributed by atoms with van der Waals surface area (Å²) < 4.78 is 6.91. The fraction of sp³-hybridized carbons (Fsp3) is 0. The van der Waals surface area contributed by atoms with Gasteiger partial charge in [-0.2, -0.15) is 0 Å². The zero-order valence-corrected chi connectivity index (χ0v) is 75.1. The second-order valence-electron chi connectivity index (χ2n) is 28.1. The molecule has 0 aliphatic heterocycles. The monoisotopic (exact) mass is 2150 g/mol. The second kappa shape index (κ2) is 44.4. The molecule has 0 fully saturated rings. The van der Waals surface area contributed by atoms with Gasteiger partial charge in [-0.1, -0.05) is 176 Å². The molecule has 0 aliphatic carbocycles. The molecule has 0 bridgehead atoms. The van der Waals surface area contributed by atoms with Crippen LogP contribution in [0, 0.1) is 42.5 Å². The molecule has 0 spiro atoms. The minimum atomic E-state index is 0. The van der Waals surface area contributed by atoms with Crippen molar-refractivity contribution in [1.82, 2.24) is 48.6 Å². The van der Waals surface area contributed by atoms with Crippen molar-refractivity contribution in [2.24, 2.45) is 0 Å². The molecular weight excluding hydrogens is 2070 g/mol. The van der Waals surface area contributed by atoms with Gasteiger partial charge in [-0.3, -0.25) is 0 Å². The minimum Gasteiger partial charge on any atom is -0.310 e. The van der Waals surface area contributed by atoms with E-state index in [4.69, 9.17) is 0 Å². The molecule has 0 unspecified atom stereocenters. The Kier molecular flexibility index (Phi) is 30.8. The normalized spacial score (nSPS) is 10.3. The summed E-state index contributed by atoms with van der Waals surface area (Å²) in [6.07, 6.45) is 12.8. The third-order valence-corrected chi connectivity index (χ3v) is 20.3. The average Bonchev–Trinajstić information content (AvgIpc) is 1.61. The summed E-state index contributed by atoms with van der Waals surface area (Å²) in [6, 6.07) is 165. The maximum atomic E-state index is 4.54. The van der Waals surface area contributed by atoms with Gasteiger partial charge in [0.2, 0.25) is 0 Å². The van der Waals surface area contributed by atoms with Gasteiger partial charge in [-0.05, 0) is 119 Å². The van der Waals surface area contributed by atoms with Crippen molar-refractivity contribution in [3.05, 3.63) is 510 Å². The summed E-state index contributed by atoms with van der Waals surface area (Å²) in [6.45, 7) is 0. The Hall–Kier alpha value is -14.7. The number of hydrogen-bond acceptors (Lipinski definition) is 7. The van der Waals surface area contributed by atoms with Crippen LogP contribution in [-0.4, -0.2) is 48.6 Å². The summed E-state index contributed by atoms with van der Waals surface area (Å²) >= 11 is 0. The zero-order valence-electron chi connectivity index (χ0n) is 67.9. The number of rotatable bonds is 10. The predicted molar refractivity (Wildman–Crippen MR) is 503 cm³/mol. The topological polar surface area (TPSA) is 105 Å². The first kappa shape index (κ1) is 87.6. The largest absolute Gasteiger partial charge is 3.00 e. The third kappa shape index (κ3) is 21.3. The molecule has 607 valence electrons. The molecule has 0 N–H and O–H groups in total. The first-order chi connectivity index (χ1) is 61.1. The van der Waals surface area contributed by atoms with Gasteiger partial charge in [-0.25, -0.2) is 0 Å². The Morgan fingerprint density at radius 2 is 0.325 bits per heavy atom. The molecule has 23 aromatic rings.